The Morgan fingerprint density at radius 2 is 2.05 bits per heavy atom. The van der Waals surface area contributed by atoms with E-state index in [0.29, 0.717) is 6.61 Å². The van der Waals surface area contributed by atoms with Crippen molar-refractivity contribution in [3.8, 4) is 0 Å². The lowest BCUT2D eigenvalue weighted by Gasteiger charge is -2.29. The van der Waals surface area contributed by atoms with Gasteiger partial charge in [0.15, 0.2) is 0 Å². The summed E-state index contributed by atoms with van der Waals surface area (Å²) in [5.74, 6) is 0.0661. The minimum absolute atomic E-state index is 0. The fourth-order valence-corrected chi connectivity index (χ4v) is 2.48. The summed E-state index contributed by atoms with van der Waals surface area (Å²) in [5, 5.41) is 6.18. The summed E-state index contributed by atoms with van der Waals surface area (Å²) >= 11 is 0. The van der Waals surface area contributed by atoms with Crippen LogP contribution in [-0.2, 0) is 9.53 Å². The normalized spacial score (nSPS) is 27.2. The van der Waals surface area contributed by atoms with E-state index in [1.54, 1.807) is 0 Å². The molecule has 5 nitrogen and oxygen atoms in total. The van der Waals surface area contributed by atoms with Crippen molar-refractivity contribution in [2.75, 3.05) is 39.3 Å². The minimum Gasteiger partial charge on any atom is -0.375 e. The number of hydrogen-bond donors (Lipinski definition) is 2. The van der Waals surface area contributed by atoms with Gasteiger partial charge in [0.1, 0.15) is 6.04 Å². The summed E-state index contributed by atoms with van der Waals surface area (Å²) in [5.41, 5.74) is 0. The molecule has 19 heavy (non-hydrogen) atoms. The molecule has 2 heterocycles. The van der Waals surface area contributed by atoms with Crippen LogP contribution in [0.2, 0.25) is 0 Å². The molecule has 0 saturated carbocycles. The molecule has 2 aliphatic rings. The first-order valence-electron chi connectivity index (χ1n) is 6.62. The predicted octanol–water partition coefficient (Wildman–Crippen LogP) is 0.419. The van der Waals surface area contributed by atoms with Gasteiger partial charge in [-0.05, 0) is 32.9 Å². The fraction of sp³-hybridized carbons (Fsp3) is 0.917. The second-order valence-corrected chi connectivity index (χ2v) is 4.85. The molecule has 1 amide bonds. The fourth-order valence-electron chi connectivity index (χ4n) is 2.48. The van der Waals surface area contributed by atoms with E-state index in [0.717, 1.165) is 19.6 Å². The molecule has 0 aliphatic carbocycles. The Labute approximate surface area is 127 Å². The van der Waals surface area contributed by atoms with Crippen molar-refractivity contribution in [2.24, 2.45) is 0 Å². The van der Waals surface area contributed by atoms with Gasteiger partial charge in [-0.1, -0.05) is 0 Å². The van der Waals surface area contributed by atoms with Gasteiger partial charge in [-0.25, -0.2) is 0 Å². The van der Waals surface area contributed by atoms with Gasteiger partial charge in [-0.2, -0.15) is 0 Å². The van der Waals surface area contributed by atoms with Gasteiger partial charge in [0.2, 0.25) is 5.91 Å². The summed E-state index contributed by atoms with van der Waals surface area (Å²) in [6, 6.07) is -0.192. The number of morpholine rings is 1. The molecule has 2 atom stereocenters. The van der Waals surface area contributed by atoms with Crippen LogP contribution in [0, 0.1) is 0 Å². The standard InChI is InChI=1S/C12H23N3O2.2ClH/c1-10-11(13-5-9-17-10)12(16)14-4-8-15-6-2-3-7-15;;/h10-11,13H,2-9H2,1H3,(H,14,16);2*1H/t10-,11+;;/m1../s1. The van der Waals surface area contributed by atoms with Crippen molar-refractivity contribution in [1.29, 1.82) is 0 Å². The van der Waals surface area contributed by atoms with Gasteiger partial charge in [0.05, 0.1) is 12.7 Å². The molecule has 0 unspecified atom stereocenters. The molecule has 0 radical (unpaired) electrons. The molecule has 2 fully saturated rings. The number of nitrogens with one attached hydrogen (secondary N) is 2. The van der Waals surface area contributed by atoms with Crippen LogP contribution in [0.5, 0.6) is 0 Å². The van der Waals surface area contributed by atoms with Gasteiger partial charge in [-0.15, -0.1) is 24.8 Å². The highest BCUT2D eigenvalue weighted by molar-refractivity contribution is 5.85. The highest BCUT2D eigenvalue weighted by Crippen LogP contribution is 2.06. The number of rotatable bonds is 4. The topological polar surface area (TPSA) is 53.6 Å². The molecule has 7 heteroatoms. The average molecular weight is 314 g/mol. The molecular formula is C12H25Cl2N3O2. The number of halogens is 2. The van der Waals surface area contributed by atoms with E-state index in [1.807, 2.05) is 6.92 Å². The molecule has 2 N–H and O–H groups in total. The van der Waals surface area contributed by atoms with Gasteiger partial charge in [0.25, 0.3) is 0 Å². The van der Waals surface area contributed by atoms with E-state index >= 15 is 0 Å². The first-order valence-corrected chi connectivity index (χ1v) is 6.62. The Morgan fingerprint density at radius 3 is 2.68 bits per heavy atom. The van der Waals surface area contributed by atoms with E-state index in [-0.39, 0.29) is 42.9 Å². The maximum absolute atomic E-state index is 11.9. The maximum Gasteiger partial charge on any atom is 0.239 e. The van der Waals surface area contributed by atoms with E-state index < -0.39 is 0 Å². The highest BCUT2D eigenvalue weighted by Gasteiger charge is 2.27. The molecule has 2 aliphatic heterocycles. The smallest absolute Gasteiger partial charge is 0.239 e. The van der Waals surface area contributed by atoms with E-state index in [9.17, 15) is 4.79 Å². The van der Waals surface area contributed by atoms with Gasteiger partial charge in [0, 0.05) is 19.6 Å². The zero-order valence-corrected chi connectivity index (χ0v) is 13.0. The molecule has 114 valence electrons. The third kappa shape index (κ3) is 5.83. The number of hydrogen-bond acceptors (Lipinski definition) is 4. The average Bonchev–Trinajstić information content (AvgIpc) is 2.82. The molecule has 0 spiro atoms. The quantitative estimate of drug-likeness (QED) is 0.790. The summed E-state index contributed by atoms with van der Waals surface area (Å²) in [6.45, 7) is 7.45. The Hall–Kier alpha value is -0.0700. The maximum atomic E-state index is 11.9. The second kappa shape index (κ2) is 9.77. The predicted molar refractivity (Wildman–Crippen MR) is 80.4 cm³/mol. The van der Waals surface area contributed by atoms with Crippen LogP contribution in [0.1, 0.15) is 19.8 Å². The van der Waals surface area contributed by atoms with Crippen molar-refractivity contribution in [3.05, 3.63) is 0 Å². The lowest BCUT2D eigenvalue weighted by atomic mass is 10.1. The van der Waals surface area contributed by atoms with Crippen LogP contribution in [0.15, 0.2) is 0 Å². The number of likely N-dealkylation sites (tertiary alicyclic amines) is 1. The zero-order valence-electron chi connectivity index (χ0n) is 11.4. The lowest BCUT2D eigenvalue weighted by molar-refractivity contribution is -0.128. The van der Waals surface area contributed by atoms with Crippen LogP contribution in [0.25, 0.3) is 0 Å². The van der Waals surface area contributed by atoms with Crippen molar-refractivity contribution in [3.63, 3.8) is 0 Å². The molecule has 0 aromatic carbocycles. The van der Waals surface area contributed by atoms with E-state index in [2.05, 4.69) is 15.5 Å². The summed E-state index contributed by atoms with van der Waals surface area (Å²) in [7, 11) is 0. The highest BCUT2D eigenvalue weighted by atomic mass is 35.5. The first kappa shape index (κ1) is 18.9. The second-order valence-electron chi connectivity index (χ2n) is 4.85. The summed E-state index contributed by atoms with van der Waals surface area (Å²) in [6.07, 6.45) is 2.56. The third-order valence-electron chi connectivity index (χ3n) is 3.52. The molecule has 0 aromatic heterocycles. The van der Waals surface area contributed by atoms with Crippen molar-refractivity contribution < 1.29 is 9.53 Å². The SMILES string of the molecule is C[C@H]1OCCN[C@@H]1C(=O)NCCN1CCCC1.Cl.Cl. The van der Waals surface area contributed by atoms with Crippen LogP contribution in [0.4, 0.5) is 0 Å². The molecule has 2 saturated heterocycles. The molecule has 2 rings (SSSR count). The van der Waals surface area contributed by atoms with Crippen molar-refractivity contribution >= 4 is 30.7 Å². The third-order valence-corrected chi connectivity index (χ3v) is 3.52. The Morgan fingerprint density at radius 1 is 1.37 bits per heavy atom. The van der Waals surface area contributed by atoms with Crippen molar-refractivity contribution in [1.82, 2.24) is 15.5 Å². The van der Waals surface area contributed by atoms with Crippen molar-refractivity contribution in [2.45, 2.75) is 31.9 Å². The summed E-state index contributed by atoms with van der Waals surface area (Å²) < 4.78 is 5.46. The largest absolute Gasteiger partial charge is 0.375 e. The van der Waals surface area contributed by atoms with Crippen LogP contribution < -0.4 is 10.6 Å². The lowest BCUT2D eigenvalue weighted by Crippen LogP contribution is -2.56. The number of amides is 1. The van der Waals surface area contributed by atoms with Crippen LogP contribution >= 0.6 is 24.8 Å². The van der Waals surface area contributed by atoms with Crippen LogP contribution in [-0.4, -0.2) is 62.3 Å². The van der Waals surface area contributed by atoms with Gasteiger partial charge >= 0.3 is 0 Å². The molecule has 0 bridgehead atoms. The zero-order chi connectivity index (χ0) is 12.1. The van der Waals surface area contributed by atoms with Gasteiger partial charge < -0.3 is 20.3 Å². The van der Waals surface area contributed by atoms with E-state index in [1.165, 1.54) is 25.9 Å². The van der Waals surface area contributed by atoms with Gasteiger partial charge in [-0.3, -0.25) is 4.79 Å². The number of nitrogens with zero attached hydrogens (tertiary/aromatic N) is 1. The number of ether oxygens (including phenoxy) is 1. The minimum atomic E-state index is -0.192. The summed E-state index contributed by atoms with van der Waals surface area (Å²) in [4.78, 5) is 14.3. The number of carbonyl (C=O) groups is 1. The monoisotopic (exact) mass is 313 g/mol. The van der Waals surface area contributed by atoms with Crippen LogP contribution in [0.3, 0.4) is 0 Å². The first-order chi connectivity index (χ1) is 8.27. The molecule has 0 aromatic rings. The number of carbonyl (C=O) groups excluding carboxylic acids is 1. The van der Waals surface area contributed by atoms with E-state index in [4.69, 9.17) is 4.74 Å². The Bertz CT molecular complexity index is 263. The Kier molecular flexibility index (Phi) is 9.74. The Balaban J connectivity index is 0.00000162. The molecular weight excluding hydrogens is 289 g/mol.